The van der Waals surface area contributed by atoms with Crippen molar-refractivity contribution < 1.29 is 9.47 Å². The van der Waals surface area contributed by atoms with Gasteiger partial charge in [-0.15, -0.1) is 0 Å². The maximum absolute atomic E-state index is 5.67. The fraction of sp³-hybridized carbons (Fsp3) is 1.00. The van der Waals surface area contributed by atoms with Gasteiger partial charge in [0.25, 0.3) is 0 Å². The lowest BCUT2D eigenvalue weighted by Gasteiger charge is -2.09. The third kappa shape index (κ3) is 0.764. The molecule has 2 fully saturated rings. The smallest absolute Gasteiger partial charge is 0.101 e. The van der Waals surface area contributed by atoms with Gasteiger partial charge >= 0.3 is 0 Å². The van der Waals surface area contributed by atoms with E-state index >= 15 is 0 Å². The van der Waals surface area contributed by atoms with Crippen LogP contribution in [-0.4, -0.2) is 31.5 Å². The Morgan fingerprint density at radius 2 is 2.22 bits per heavy atom. The van der Waals surface area contributed by atoms with Crippen LogP contribution < -0.4 is 5.73 Å². The SMILES string of the molecule is N[C@@H]1CO[C@@H]2CCO[C@H]12. The van der Waals surface area contributed by atoms with Crippen molar-refractivity contribution in [3.63, 3.8) is 0 Å². The van der Waals surface area contributed by atoms with Crippen molar-refractivity contribution in [2.45, 2.75) is 24.7 Å². The van der Waals surface area contributed by atoms with Gasteiger partial charge in [-0.05, 0) is 6.42 Å². The second-order valence-electron chi connectivity index (χ2n) is 2.66. The maximum Gasteiger partial charge on any atom is 0.101 e. The van der Waals surface area contributed by atoms with Crippen LogP contribution in [0.2, 0.25) is 0 Å². The normalized spacial score (nSPS) is 49.7. The van der Waals surface area contributed by atoms with Gasteiger partial charge in [-0.1, -0.05) is 0 Å². The highest BCUT2D eigenvalue weighted by molar-refractivity contribution is 4.90. The van der Waals surface area contributed by atoms with Crippen molar-refractivity contribution in [2.75, 3.05) is 13.2 Å². The highest BCUT2D eigenvalue weighted by Crippen LogP contribution is 2.24. The Labute approximate surface area is 54.1 Å². The van der Waals surface area contributed by atoms with E-state index in [1.807, 2.05) is 0 Å². The summed E-state index contributed by atoms with van der Waals surface area (Å²) in [5.74, 6) is 0. The molecule has 3 nitrogen and oxygen atoms in total. The molecule has 0 aromatic heterocycles. The van der Waals surface area contributed by atoms with E-state index < -0.39 is 0 Å². The van der Waals surface area contributed by atoms with E-state index in [2.05, 4.69) is 0 Å². The molecule has 0 spiro atoms. The van der Waals surface area contributed by atoms with E-state index in [1.54, 1.807) is 0 Å². The second-order valence-corrected chi connectivity index (χ2v) is 2.66. The van der Waals surface area contributed by atoms with Gasteiger partial charge < -0.3 is 15.2 Å². The third-order valence-electron chi connectivity index (χ3n) is 2.00. The fourth-order valence-corrected chi connectivity index (χ4v) is 1.50. The molecule has 0 aromatic carbocycles. The zero-order valence-corrected chi connectivity index (χ0v) is 5.25. The fourth-order valence-electron chi connectivity index (χ4n) is 1.50. The lowest BCUT2D eigenvalue weighted by atomic mass is 10.1. The Morgan fingerprint density at radius 1 is 1.33 bits per heavy atom. The molecule has 0 aromatic rings. The maximum atomic E-state index is 5.67. The summed E-state index contributed by atoms with van der Waals surface area (Å²) in [5.41, 5.74) is 5.67. The van der Waals surface area contributed by atoms with Crippen LogP contribution in [0.25, 0.3) is 0 Å². The van der Waals surface area contributed by atoms with Crippen molar-refractivity contribution in [3.05, 3.63) is 0 Å². The number of ether oxygens (including phenoxy) is 2. The summed E-state index contributed by atoms with van der Waals surface area (Å²) in [7, 11) is 0. The second kappa shape index (κ2) is 1.94. The molecule has 2 heterocycles. The monoisotopic (exact) mass is 129 g/mol. The van der Waals surface area contributed by atoms with Crippen LogP contribution in [0.4, 0.5) is 0 Å². The van der Waals surface area contributed by atoms with Crippen molar-refractivity contribution in [2.24, 2.45) is 5.73 Å². The van der Waals surface area contributed by atoms with Gasteiger partial charge in [-0.25, -0.2) is 0 Å². The average molecular weight is 129 g/mol. The zero-order chi connectivity index (χ0) is 6.27. The predicted octanol–water partition coefficient (Wildman–Crippen LogP) is -0.499. The van der Waals surface area contributed by atoms with Crippen molar-refractivity contribution >= 4 is 0 Å². The molecule has 2 aliphatic rings. The molecular weight excluding hydrogens is 118 g/mol. The van der Waals surface area contributed by atoms with Crippen LogP contribution >= 0.6 is 0 Å². The number of fused-ring (bicyclic) bond motifs is 1. The van der Waals surface area contributed by atoms with Gasteiger partial charge in [0.2, 0.25) is 0 Å². The molecule has 0 aliphatic carbocycles. The molecule has 0 saturated carbocycles. The van der Waals surface area contributed by atoms with E-state index in [4.69, 9.17) is 15.2 Å². The lowest BCUT2D eigenvalue weighted by Crippen LogP contribution is -2.34. The van der Waals surface area contributed by atoms with Crippen LogP contribution in [-0.2, 0) is 9.47 Å². The first-order chi connectivity index (χ1) is 4.38. The van der Waals surface area contributed by atoms with Gasteiger partial charge in [0.15, 0.2) is 0 Å². The van der Waals surface area contributed by atoms with Gasteiger partial charge in [0.05, 0.1) is 18.8 Å². The molecule has 2 N–H and O–H groups in total. The number of hydrogen-bond donors (Lipinski definition) is 1. The van der Waals surface area contributed by atoms with Crippen molar-refractivity contribution in [3.8, 4) is 0 Å². The third-order valence-corrected chi connectivity index (χ3v) is 2.00. The average Bonchev–Trinajstić information content (AvgIpc) is 2.35. The lowest BCUT2D eigenvalue weighted by molar-refractivity contribution is 0.0709. The minimum atomic E-state index is 0.123. The summed E-state index contributed by atoms with van der Waals surface area (Å²) >= 11 is 0. The molecule has 0 radical (unpaired) electrons. The van der Waals surface area contributed by atoms with E-state index in [0.29, 0.717) is 12.7 Å². The molecule has 2 aliphatic heterocycles. The summed E-state index contributed by atoms with van der Waals surface area (Å²) in [4.78, 5) is 0. The summed E-state index contributed by atoms with van der Waals surface area (Å²) < 4.78 is 10.7. The van der Waals surface area contributed by atoms with Crippen LogP contribution in [0.1, 0.15) is 6.42 Å². The molecule has 3 atom stereocenters. The molecule has 9 heavy (non-hydrogen) atoms. The molecule has 2 rings (SSSR count). The quantitative estimate of drug-likeness (QED) is 0.479. The standard InChI is InChI=1S/C6H11NO2/c7-4-3-9-5-1-2-8-6(4)5/h4-6H,1-3,7H2/t4-,5-,6-/m1/s1. The summed E-state index contributed by atoms with van der Waals surface area (Å²) in [6, 6.07) is 0.123. The van der Waals surface area contributed by atoms with Crippen LogP contribution in [0, 0.1) is 0 Å². The molecule has 0 amide bonds. The first-order valence-corrected chi connectivity index (χ1v) is 3.37. The summed E-state index contributed by atoms with van der Waals surface area (Å²) in [5, 5.41) is 0. The Morgan fingerprint density at radius 3 is 3.00 bits per heavy atom. The van der Waals surface area contributed by atoms with E-state index in [-0.39, 0.29) is 12.1 Å². The van der Waals surface area contributed by atoms with Gasteiger partial charge in [-0.3, -0.25) is 0 Å². The van der Waals surface area contributed by atoms with E-state index in [1.165, 1.54) is 0 Å². The zero-order valence-electron chi connectivity index (χ0n) is 5.25. The van der Waals surface area contributed by atoms with Crippen LogP contribution in [0.5, 0.6) is 0 Å². The number of rotatable bonds is 0. The summed E-state index contributed by atoms with van der Waals surface area (Å²) in [6.07, 6.45) is 1.53. The van der Waals surface area contributed by atoms with Gasteiger partial charge in [0, 0.05) is 6.61 Å². The van der Waals surface area contributed by atoms with Gasteiger partial charge in [0.1, 0.15) is 6.10 Å². The van der Waals surface area contributed by atoms with E-state index in [9.17, 15) is 0 Å². The topological polar surface area (TPSA) is 44.5 Å². The molecule has 0 unspecified atom stereocenters. The number of nitrogens with two attached hydrogens (primary N) is 1. The minimum Gasteiger partial charge on any atom is -0.374 e. The number of hydrogen-bond acceptors (Lipinski definition) is 3. The largest absolute Gasteiger partial charge is 0.374 e. The van der Waals surface area contributed by atoms with Gasteiger partial charge in [-0.2, -0.15) is 0 Å². The first kappa shape index (κ1) is 5.65. The highest BCUT2D eigenvalue weighted by atomic mass is 16.6. The van der Waals surface area contributed by atoms with Crippen LogP contribution in [0.3, 0.4) is 0 Å². The van der Waals surface area contributed by atoms with Crippen LogP contribution in [0.15, 0.2) is 0 Å². The molecular formula is C6H11NO2. The molecule has 3 heteroatoms. The Kier molecular flexibility index (Phi) is 1.22. The highest BCUT2D eigenvalue weighted by Gasteiger charge is 2.39. The molecule has 52 valence electrons. The van der Waals surface area contributed by atoms with Crippen molar-refractivity contribution in [1.82, 2.24) is 0 Å². The minimum absolute atomic E-state index is 0.123. The summed E-state index contributed by atoms with van der Waals surface area (Å²) in [6.45, 7) is 1.50. The predicted molar refractivity (Wildman–Crippen MR) is 32.1 cm³/mol. The Hall–Kier alpha value is -0.120. The Balaban J connectivity index is 2.07. The van der Waals surface area contributed by atoms with Crippen molar-refractivity contribution in [1.29, 1.82) is 0 Å². The molecule has 0 bridgehead atoms. The molecule has 2 saturated heterocycles. The Bertz CT molecular complexity index is 118. The first-order valence-electron chi connectivity index (χ1n) is 3.37. The van der Waals surface area contributed by atoms with E-state index in [0.717, 1.165) is 13.0 Å².